The van der Waals surface area contributed by atoms with Crippen LogP contribution in [-0.2, 0) is 14.3 Å². The first-order chi connectivity index (χ1) is 16.0. The Morgan fingerprint density at radius 2 is 2.06 bits per heavy atom. The van der Waals surface area contributed by atoms with Crippen molar-refractivity contribution in [3.05, 3.63) is 52.8 Å². The number of nitrogens with one attached hydrogen (secondary N) is 1. The van der Waals surface area contributed by atoms with Crippen molar-refractivity contribution in [1.82, 2.24) is 14.9 Å². The third-order valence-electron chi connectivity index (χ3n) is 6.36. The van der Waals surface area contributed by atoms with Crippen molar-refractivity contribution in [2.75, 3.05) is 13.7 Å². The summed E-state index contributed by atoms with van der Waals surface area (Å²) in [7, 11) is 1.31. The van der Waals surface area contributed by atoms with E-state index in [2.05, 4.69) is 15.3 Å². The minimum absolute atomic E-state index is 0.134. The lowest BCUT2D eigenvalue weighted by Gasteiger charge is -2.27. The van der Waals surface area contributed by atoms with E-state index in [1.165, 1.54) is 36.6 Å². The molecule has 1 saturated carbocycles. The van der Waals surface area contributed by atoms with Crippen LogP contribution in [0.3, 0.4) is 0 Å². The Morgan fingerprint density at radius 1 is 1.27 bits per heavy atom. The number of hydrogen-bond donors (Lipinski definition) is 1. The van der Waals surface area contributed by atoms with E-state index >= 15 is 0 Å². The van der Waals surface area contributed by atoms with Gasteiger partial charge in [-0.15, -0.1) is 0 Å². The fourth-order valence-corrected chi connectivity index (χ4v) is 4.53. The van der Waals surface area contributed by atoms with Crippen LogP contribution in [0.1, 0.15) is 44.6 Å². The SMILES string of the molecule is COC(=O)C1C=CC(NC(=O)C(CC2CCCCC2)n2cnc3ccc(F)cc3c2=O)=NC1. The van der Waals surface area contributed by atoms with Crippen molar-refractivity contribution in [1.29, 1.82) is 0 Å². The van der Waals surface area contributed by atoms with Crippen LogP contribution in [-0.4, -0.2) is 40.9 Å². The van der Waals surface area contributed by atoms with Crippen LogP contribution in [0, 0.1) is 17.7 Å². The summed E-state index contributed by atoms with van der Waals surface area (Å²) in [5, 5.41) is 2.92. The molecule has 1 amide bonds. The number of amides is 1. The molecule has 2 heterocycles. The van der Waals surface area contributed by atoms with Crippen molar-refractivity contribution in [2.24, 2.45) is 16.8 Å². The zero-order valence-electron chi connectivity index (χ0n) is 18.5. The maximum absolute atomic E-state index is 13.8. The number of ether oxygens (including phenoxy) is 1. The third kappa shape index (κ3) is 5.18. The van der Waals surface area contributed by atoms with Crippen LogP contribution in [0.15, 0.2) is 46.5 Å². The van der Waals surface area contributed by atoms with Crippen molar-refractivity contribution >= 4 is 28.6 Å². The number of aromatic nitrogens is 2. The number of aliphatic imine (C=N–C) groups is 1. The number of fused-ring (bicyclic) bond motifs is 1. The van der Waals surface area contributed by atoms with Gasteiger partial charge in [0.2, 0.25) is 5.91 Å². The van der Waals surface area contributed by atoms with Gasteiger partial charge in [0.05, 0.1) is 36.8 Å². The summed E-state index contributed by atoms with van der Waals surface area (Å²) < 4.78 is 19.8. The highest BCUT2D eigenvalue weighted by atomic mass is 19.1. The highest BCUT2D eigenvalue weighted by molar-refractivity contribution is 6.06. The minimum atomic E-state index is -0.810. The van der Waals surface area contributed by atoms with Crippen LogP contribution >= 0.6 is 0 Å². The van der Waals surface area contributed by atoms with Crippen molar-refractivity contribution < 1.29 is 18.7 Å². The Kier molecular flexibility index (Phi) is 6.96. The molecule has 174 valence electrons. The van der Waals surface area contributed by atoms with Crippen LogP contribution in [0.5, 0.6) is 0 Å². The molecule has 0 spiro atoms. The van der Waals surface area contributed by atoms with Crippen molar-refractivity contribution in [2.45, 2.75) is 44.6 Å². The number of carbonyl (C=O) groups is 2. The molecule has 1 aromatic carbocycles. The number of amidine groups is 1. The number of dihydropyridines is 1. The molecule has 2 atom stereocenters. The van der Waals surface area contributed by atoms with E-state index in [0.717, 1.165) is 31.7 Å². The first-order valence-corrected chi connectivity index (χ1v) is 11.2. The van der Waals surface area contributed by atoms with Gasteiger partial charge in [-0.25, -0.2) is 9.37 Å². The molecular formula is C24H27FN4O4. The van der Waals surface area contributed by atoms with Crippen LogP contribution in [0.2, 0.25) is 0 Å². The molecule has 9 heteroatoms. The summed E-state index contributed by atoms with van der Waals surface area (Å²) >= 11 is 0. The molecule has 1 aliphatic carbocycles. The molecule has 1 aromatic heterocycles. The van der Waals surface area contributed by atoms with Crippen molar-refractivity contribution in [3.63, 3.8) is 0 Å². The fraction of sp³-hybridized carbons (Fsp3) is 0.458. The van der Waals surface area contributed by atoms with Gasteiger partial charge in [-0.2, -0.15) is 0 Å². The first-order valence-electron chi connectivity index (χ1n) is 11.2. The van der Waals surface area contributed by atoms with E-state index in [-0.39, 0.29) is 17.8 Å². The highest BCUT2D eigenvalue weighted by Gasteiger charge is 2.28. The second-order valence-electron chi connectivity index (χ2n) is 8.58. The normalized spacial score (nSPS) is 19.7. The second-order valence-corrected chi connectivity index (χ2v) is 8.58. The largest absolute Gasteiger partial charge is 0.469 e. The molecule has 0 saturated heterocycles. The average Bonchev–Trinajstić information content (AvgIpc) is 2.84. The topological polar surface area (TPSA) is 103 Å². The molecule has 33 heavy (non-hydrogen) atoms. The van der Waals surface area contributed by atoms with E-state index in [4.69, 9.17) is 4.74 Å². The summed E-state index contributed by atoms with van der Waals surface area (Å²) in [5.74, 6) is -1.18. The molecule has 2 unspecified atom stereocenters. The zero-order valence-corrected chi connectivity index (χ0v) is 18.5. The lowest BCUT2D eigenvalue weighted by atomic mass is 9.84. The predicted molar refractivity (Wildman–Crippen MR) is 121 cm³/mol. The summed E-state index contributed by atoms with van der Waals surface area (Å²) in [4.78, 5) is 46.8. The fourth-order valence-electron chi connectivity index (χ4n) is 4.53. The van der Waals surface area contributed by atoms with Gasteiger partial charge in [0.1, 0.15) is 17.7 Å². The first kappa shape index (κ1) is 22.8. The number of benzene rings is 1. The smallest absolute Gasteiger partial charge is 0.314 e. The maximum atomic E-state index is 13.8. The van der Waals surface area contributed by atoms with Gasteiger partial charge in [-0.3, -0.25) is 23.9 Å². The molecule has 0 bridgehead atoms. The van der Waals surface area contributed by atoms with Gasteiger partial charge in [-0.05, 0) is 36.6 Å². The number of carbonyl (C=O) groups excluding carboxylic acids is 2. The Morgan fingerprint density at radius 3 is 2.76 bits per heavy atom. The Labute approximate surface area is 190 Å². The van der Waals surface area contributed by atoms with Gasteiger partial charge in [0.15, 0.2) is 0 Å². The Balaban J connectivity index is 1.61. The predicted octanol–water partition coefficient (Wildman–Crippen LogP) is 2.92. The van der Waals surface area contributed by atoms with Crippen LogP contribution in [0.25, 0.3) is 10.9 Å². The second kappa shape index (κ2) is 10.1. The van der Waals surface area contributed by atoms with E-state index in [1.54, 1.807) is 12.2 Å². The van der Waals surface area contributed by atoms with Gasteiger partial charge in [0, 0.05) is 0 Å². The number of methoxy groups -OCH3 is 1. The molecule has 1 fully saturated rings. The molecule has 1 N–H and O–H groups in total. The lowest BCUT2D eigenvalue weighted by Crippen LogP contribution is -2.41. The van der Waals surface area contributed by atoms with E-state index in [9.17, 15) is 18.8 Å². The standard InChI is InChI=1S/C24H27FN4O4/c1-33-24(32)16-7-10-21(26-13-16)28-22(30)20(11-15-5-3-2-4-6-15)29-14-27-19-9-8-17(25)12-18(19)23(29)31/h7-10,12,14-16,20H,2-6,11,13H2,1H3,(H,26,28,30). The molecule has 8 nitrogen and oxygen atoms in total. The third-order valence-corrected chi connectivity index (χ3v) is 6.36. The molecular weight excluding hydrogens is 427 g/mol. The van der Waals surface area contributed by atoms with Crippen LogP contribution < -0.4 is 10.9 Å². The summed E-state index contributed by atoms with van der Waals surface area (Å²) in [6.07, 6.45) is 10.4. The number of esters is 1. The van der Waals surface area contributed by atoms with E-state index in [0.29, 0.717) is 23.7 Å². The average molecular weight is 455 g/mol. The minimum Gasteiger partial charge on any atom is -0.469 e. The molecule has 0 radical (unpaired) electrons. The van der Waals surface area contributed by atoms with Crippen molar-refractivity contribution in [3.8, 4) is 0 Å². The Bertz CT molecular complexity index is 1170. The van der Waals surface area contributed by atoms with E-state index < -0.39 is 29.3 Å². The summed E-state index contributed by atoms with van der Waals surface area (Å²) in [5.41, 5.74) is -0.0785. The molecule has 2 aromatic rings. The number of hydrogen-bond acceptors (Lipinski definition) is 6. The molecule has 4 rings (SSSR count). The number of nitrogens with zero attached hydrogens (tertiary/aromatic N) is 3. The summed E-state index contributed by atoms with van der Waals surface area (Å²) in [6, 6.07) is 3.04. The Hall–Kier alpha value is -3.36. The monoisotopic (exact) mass is 454 g/mol. The van der Waals surface area contributed by atoms with Gasteiger partial charge in [-0.1, -0.05) is 38.2 Å². The highest BCUT2D eigenvalue weighted by Crippen LogP contribution is 2.30. The quantitative estimate of drug-likeness (QED) is 0.700. The maximum Gasteiger partial charge on any atom is 0.314 e. The lowest BCUT2D eigenvalue weighted by molar-refractivity contribution is -0.143. The van der Waals surface area contributed by atoms with Gasteiger partial charge in [0.25, 0.3) is 5.56 Å². The zero-order chi connectivity index (χ0) is 23.4. The summed E-state index contributed by atoms with van der Waals surface area (Å²) in [6.45, 7) is 0.169. The number of rotatable bonds is 5. The van der Waals surface area contributed by atoms with Gasteiger partial charge >= 0.3 is 5.97 Å². The van der Waals surface area contributed by atoms with E-state index in [1.807, 2.05) is 0 Å². The molecule has 2 aliphatic rings. The van der Waals surface area contributed by atoms with Gasteiger partial charge < -0.3 is 10.1 Å². The molecule has 1 aliphatic heterocycles. The van der Waals surface area contributed by atoms with Crippen LogP contribution in [0.4, 0.5) is 4.39 Å². The number of halogens is 1.